The van der Waals surface area contributed by atoms with E-state index in [9.17, 15) is 4.79 Å². The Labute approximate surface area is 143 Å². The van der Waals surface area contributed by atoms with Crippen molar-refractivity contribution in [1.82, 2.24) is 9.97 Å². The summed E-state index contributed by atoms with van der Waals surface area (Å²) in [5, 5.41) is 21.5. The highest BCUT2D eigenvalue weighted by molar-refractivity contribution is 7.99. The molecule has 122 valence electrons. The molecule has 0 aliphatic heterocycles. The topological polar surface area (TPSA) is 98.9 Å². The van der Waals surface area contributed by atoms with E-state index in [2.05, 4.69) is 21.4 Å². The highest BCUT2D eigenvalue weighted by atomic mass is 32.2. The molecule has 1 heterocycles. The van der Waals surface area contributed by atoms with Crippen LogP contribution >= 0.6 is 11.8 Å². The lowest BCUT2D eigenvalue weighted by Crippen LogP contribution is -2.04. The molecule has 6 nitrogen and oxygen atoms in total. The number of rotatable bonds is 6. The molecule has 0 spiro atoms. The van der Waals surface area contributed by atoms with E-state index >= 15 is 0 Å². The van der Waals surface area contributed by atoms with Crippen LogP contribution < -0.4 is 5.32 Å². The van der Waals surface area contributed by atoms with Gasteiger partial charge in [-0.2, -0.15) is 5.26 Å². The van der Waals surface area contributed by atoms with E-state index in [0.29, 0.717) is 16.5 Å². The van der Waals surface area contributed by atoms with E-state index in [1.54, 1.807) is 12.1 Å². The lowest BCUT2D eigenvalue weighted by atomic mass is 10.2. The van der Waals surface area contributed by atoms with Crippen molar-refractivity contribution in [2.75, 3.05) is 11.1 Å². The predicted molar refractivity (Wildman–Crippen MR) is 91.5 cm³/mol. The molecule has 0 atom stereocenters. The van der Waals surface area contributed by atoms with Crippen molar-refractivity contribution in [3.63, 3.8) is 0 Å². The number of aromatic nitrogens is 2. The fraction of sp³-hybridized carbons (Fsp3) is 0.294. The quantitative estimate of drug-likeness (QED) is 0.615. The minimum Gasteiger partial charge on any atom is -0.481 e. The first-order valence-electron chi connectivity index (χ1n) is 7.67. The highest BCUT2D eigenvalue weighted by Gasteiger charge is 2.19. The van der Waals surface area contributed by atoms with Gasteiger partial charge in [0.2, 0.25) is 0 Å². The van der Waals surface area contributed by atoms with Gasteiger partial charge in [-0.15, -0.1) is 0 Å². The summed E-state index contributed by atoms with van der Waals surface area (Å²) in [6, 6.07) is 9.30. The second-order valence-electron chi connectivity index (χ2n) is 5.44. The Hall–Kier alpha value is -2.59. The molecule has 0 saturated carbocycles. The van der Waals surface area contributed by atoms with Gasteiger partial charge in [0.15, 0.2) is 5.16 Å². The van der Waals surface area contributed by atoms with Crippen LogP contribution in [-0.2, 0) is 17.6 Å². The number of aryl methyl sites for hydroxylation is 1. The average molecular weight is 340 g/mol. The molecular formula is C17H16N4O2S. The van der Waals surface area contributed by atoms with Crippen LogP contribution in [0.1, 0.15) is 29.7 Å². The largest absolute Gasteiger partial charge is 0.481 e. The minimum atomic E-state index is -0.820. The maximum absolute atomic E-state index is 10.6. The molecule has 0 amide bonds. The number of thioether (sulfide) groups is 1. The van der Waals surface area contributed by atoms with E-state index in [1.165, 1.54) is 11.8 Å². The Balaban J connectivity index is 1.81. The molecule has 3 rings (SSSR count). The second-order valence-corrected chi connectivity index (χ2v) is 6.50. The summed E-state index contributed by atoms with van der Waals surface area (Å²) in [4.78, 5) is 19.8. The summed E-state index contributed by atoms with van der Waals surface area (Å²) in [6.07, 6.45) is 3.00. The molecular weight excluding hydrogens is 324 g/mol. The van der Waals surface area contributed by atoms with Gasteiger partial charge in [-0.3, -0.25) is 4.79 Å². The summed E-state index contributed by atoms with van der Waals surface area (Å²) in [7, 11) is 0. The monoisotopic (exact) mass is 340 g/mol. The van der Waals surface area contributed by atoms with Gasteiger partial charge in [-0.25, -0.2) is 9.97 Å². The molecule has 1 aliphatic carbocycles. The fourth-order valence-corrected chi connectivity index (χ4v) is 3.36. The lowest BCUT2D eigenvalue weighted by molar-refractivity contribution is -0.136. The van der Waals surface area contributed by atoms with Crippen molar-refractivity contribution in [1.29, 1.82) is 5.26 Å². The van der Waals surface area contributed by atoms with E-state index in [1.807, 2.05) is 12.1 Å². The summed E-state index contributed by atoms with van der Waals surface area (Å²) in [5.74, 6) is 0.407. The molecule has 0 fully saturated rings. The lowest BCUT2D eigenvalue weighted by Gasteiger charge is -2.12. The normalized spacial score (nSPS) is 12.5. The van der Waals surface area contributed by atoms with Crippen LogP contribution in [0.15, 0.2) is 29.4 Å². The zero-order valence-electron chi connectivity index (χ0n) is 13.0. The van der Waals surface area contributed by atoms with Crippen LogP contribution in [0.3, 0.4) is 0 Å². The van der Waals surface area contributed by atoms with Crippen molar-refractivity contribution in [3.05, 3.63) is 41.1 Å². The Bertz CT molecular complexity index is 799. The maximum atomic E-state index is 10.6. The molecule has 2 aromatic rings. The fourth-order valence-electron chi connectivity index (χ4n) is 2.57. The Morgan fingerprint density at radius 1 is 1.29 bits per heavy atom. The Morgan fingerprint density at radius 2 is 2.08 bits per heavy atom. The van der Waals surface area contributed by atoms with Crippen LogP contribution in [0.4, 0.5) is 11.5 Å². The number of anilines is 2. The number of nitriles is 1. The third kappa shape index (κ3) is 3.84. The van der Waals surface area contributed by atoms with Crippen molar-refractivity contribution in [3.8, 4) is 6.07 Å². The van der Waals surface area contributed by atoms with Crippen LogP contribution in [-0.4, -0.2) is 26.8 Å². The average Bonchev–Trinajstić information content (AvgIpc) is 3.04. The van der Waals surface area contributed by atoms with Gasteiger partial charge in [0.25, 0.3) is 0 Å². The van der Waals surface area contributed by atoms with Gasteiger partial charge in [0.05, 0.1) is 23.7 Å². The zero-order valence-corrected chi connectivity index (χ0v) is 13.8. The molecule has 0 bridgehead atoms. The van der Waals surface area contributed by atoms with Crippen molar-refractivity contribution < 1.29 is 9.90 Å². The molecule has 1 aliphatic rings. The number of aliphatic carboxylic acids is 1. The zero-order chi connectivity index (χ0) is 16.9. The Kier molecular flexibility index (Phi) is 4.96. The molecule has 24 heavy (non-hydrogen) atoms. The first kappa shape index (κ1) is 16.3. The number of hydrogen-bond donors (Lipinski definition) is 2. The van der Waals surface area contributed by atoms with Crippen LogP contribution in [0.5, 0.6) is 0 Å². The summed E-state index contributed by atoms with van der Waals surface area (Å²) < 4.78 is 0. The summed E-state index contributed by atoms with van der Waals surface area (Å²) in [6.45, 7) is 0. The number of fused-ring (bicyclic) bond motifs is 1. The number of carboxylic acids is 1. The van der Waals surface area contributed by atoms with Crippen LogP contribution in [0, 0.1) is 11.3 Å². The molecule has 0 radical (unpaired) electrons. The summed E-state index contributed by atoms with van der Waals surface area (Å²) in [5.41, 5.74) is 3.64. The van der Waals surface area contributed by atoms with E-state index in [0.717, 1.165) is 42.0 Å². The number of hydrogen-bond acceptors (Lipinski definition) is 6. The minimum absolute atomic E-state index is 0.0868. The first-order valence-corrected chi connectivity index (χ1v) is 8.66. The van der Waals surface area contributed by atoms with Crippen molar-refractivity contribution in [2.45, 2.75) is 30.8 Å². The SMILES string of the molecule is N#Cc1ccc(Nc2nc(SCCC(=O)O)nc3c2CCC3)cc1. The van der Waals surface area contributed by atoms with Gasteiger partial charge < -0.3 is 10.4 Å². The van der Waals surface area contributed by atoms with Gasteiger partial charge >= 0.3 is 5.97 Å². The number of nitrogens with zero attached hydrogens (tertiary/aromatic N) is 3. The van der Waals surface area contributed by atoms with Gasteiger partial charge in [0.1, 0.15) is 5.82 Å². The van der Waals surface area contributed by atoms with Crippen molar-refractivity contribution in [2.24, 2.45) is 0 Å². The third-order valence-corrected chi connectivity index (χ3v) is 4.59. The van der Waals surface area contributed by atoms with Gasteiger partial charge in [-0.05, 0) is 43.5 Å². The molecule has 0 saturated heterocycles. The van der Waals surface area contributed by atoms with E-state index in [-0.39, 0.29) is 6.42 Å². The molecule has 1 aromatic carbocycles. The van der Waals surface area contributed by atoms with Crippen LogP contribution in [0.2, 0.25) is 0 Å². The standard InChI is InChI=1S/C17H16N4O2S/c18-10-11-4-6-12(7-5-11)19-16-13-2-1-3-14(13)20-17(21-16)24-9-8-15(22)23/h4-7H,1-3,8-9H2,(H,22,23)(H,19,20,21). The second kappa shape index (κ2) is 7.32. The number of nitrogens with one attached hydrogen (secondary N) is 1. The van der Waals surface area contributed by atoms with E-state index in [4.69, 9.17) is 10.4 Å². The molecule has 0 unspecified atom stereocenters. The molecule has 7 heteroatoms. The summed E-state index contributed by atoms with van der Waals surface area (Å²) >= 11 is 1.36. The number of benzene rings is 1. The van der Waals surface area contributed by atoms with Gasteiger partial charge in [0, 0.05) is 17.0 Å². The number of carbonyl (C=O) groups is 1. The highest BCUT2D eigenvalue weighted by Crippen LogP contribution is 2.30. The third-order valence-electron chi connectivity index (χ3n) is 3.74. The number of carboxylic acid groups (broad SMARTS) is 1. The molecule has 2 N–H and O–H groups in total. The maximum Gasteiger partial charge on any atom is 0.304 e. The Morgan fingerprint density at radius 3 is 2.79 bits per heavy atom. The molecule has 1 aromatic heterocycles. The van der Waals surface area contributed by atoms with Crippen molar-refractivity contribution >= 4 is 29.2 Å². The smallest absolute Gasteiger partial charge is 0.304 e. The van der Waals surface area contributed by atoms with Gasteiger partial charge in [-0.1, -0.05) is 11.8 Å². The first-order chi connectivity index (χ1) is 11.7. The van der Waals surface area contributed by atoms with E-state index < -0.39 is 5.97 Å². The predicted octanol–water partition coefficient (Wildman–Crippen LogP) is 3.15. The van der Waals surface area contributed by atoms with Crippen LogP contribution in [0.25, 0.3) is 0 Å².